The molecule has 0 radical (unpaired) electrons. The van der Waals surface area contributed by atoms with Gasteiger partial charge >= 0.3 is 5.97 Å². The van der Waals surface area contributed by atoms with Gasteiger partial charge in [0, 0.05) is 17.4 Å². The lowest BCUT2D eigenvalue weighted by Gasteiger charge is -2.09. The number of anilines is 1. The molecular weight excluding hydrogens is 336 g/mol. The van der Waals surface area contributed by atoms with Crippen LogP contribution in [0.3, 0.4) is 0 Å². The van der Waals surface area contributed by atoms with Crippen LogP contribution in [0.4, 0.5) is 5.69 Å². The standard InChI is InChI=1S/C18H20N4O4/c23-16(24)11-19-17(25)12-5-7-13(8-6-12)20-18(26)15-9-10-22(21-15)14-3-1-2-4-14/h5-10,14H,1-4,11H2,(H,19,25)(H,20,26)(H,23,24). The quantitative estimate of drug-likeness (QED) is 0.733. The van der Waals surface area contributed by atoms with Gasteiger partial charge in [0.05, 0.1) is 6.04 Å². The maximum atomic E-state index is 12.3. The molecule has 3 rings (SSSR count). The van der Waals surface area contributed by atoms with Crippen molar-refractivity contribution in [1.82, 2.24) is 15.1 Å². The van der Waals surface area contributed by atoms with Gasteiger partial charge in [-0.1, -0.05) is 12.8 Å². The summed E-state index contributed by atoms with van der Waals surface area (Å²) in [5.74, 6) is -1.91. The summed E-state index contributed by atoms with van der Waals surface area (Å²) in [4.78, 5) is 34.5. The minimum Gasteiger partial charge on any atom is -0.480 e. The Balaban J connectivity index is 1.59. The molecule has 1 aliphatic rings. The van der Waals surface area contributed by atoms with Crippen LogP contribution >= 0.6 is 0 Å². The van der Waals surface area contributed by atoms with Crippen LogP contribution in [0.2, 0.25) is 0 Å². The van der Waals surface area contributed by atoms with Gasteiger partial charge in [-0.15, -0.1) is 0 Å². The smallest absolute Gasteiger partial charge is 0.322 e. The van der Waals surface area contributed by atoms with E-state index in [-0.39, 0.29) is 5.91 Å². The Morgan fingerprint density at radius 1 is 1.08 bits per heavy atom. The zero-order chi connectivity index (χ0) is 18.5. The van der Waals surface area contributed by atoms with Gasteiger partial charge in [0.2, 0.25) is 0 Å². The predicted molar refractivity (Wildman–Crippen MR) is 94.1 cm³/mol. The van der Waals surface area contributed by atoms with Crippen LogP contribution in [-0.2, 0) is 4.79 Å². The van der Waals surface area contributed by atoms with Gasteiger partial charge in [0.1, 0.15) is 6.54 Å². The van der Waals surface area contributed by atoms with E-state index in [1.54, 1.807) is 18.2 Å². The van der Waals surface area contributed by atoms with Crippen molar-refractivity contribution >= 4 is 23.5 Å². The van der Waals surface area contributed by atoms with E-state index in [9.17, 15) is 14.4 Å². The number of carbonyl (C=O) groups is 3. The lowest BCUT2D eigenvalue weighted by molar-refractivity contribution is -0.135. The number of amides is 2. The molecule has 0 bridgehead atoms. The molecule has 1 aromatic heterocycles. The van der Waals surface area contributed by atoms with E-state index in [0.29, 0.717) is 23.0 Å². The zero-order valence-corrected chi connectivity index (χ0v) is 14.1. The molecule has 0 aliphatic heterocycles. The Kier molecular flexibility index (Phi) is 5.31. The van der Waals surface area contributed by atoms with Crippen molar-refractivity contribution in [2.45, 2.75) is 31.7 Å². The van der Waals surface area contributed by atoms with Gasteiger partial charge in [0.15, 0.2) is 5.69 Å². The number of carboxylic acid groups (broad SMARTS) is 1. The number of carbonyl (C=O) groups excluding carboxylic acids is 2. The highest BCUT2D eigenvalue weighted by Crippen LogP contribution is 2.28. The Morgan fingerprint density at radius 2 is 1.77 bits per heavy atom. The van der Waals surface area contributed by atoms with Crippen molar-refractivity contribution in [2.24, 2.45) is 0 Å². The van der Waals surface area contributed by atoms with Crippen molar-refractivity contribution in [1.29, 1.82) is 0 Å². The fraction of sp³-hybridized carbons (Fsp3) is 0.333. The van der Waals surface area contributed by atoms with E-state index >= 15 is 0 Å². The average Bonchev–Trinajstić information content (AvgIpc) is 3.31. The van der Waals surface area contributed by atoms with Crippen LogP contribution in [0.15, 0.2) is 36.5 Å². The van der Waals surface area contributed by atoms with Crippen LogP contribution in [0, 0.1) is 0 Å². The van der Waals surface area contributed by atoms with Gasteiger partial charge < -0.3 is 15.7 Å². The second-order valence-electron chi connectivity index (χ2n) is 6.23. The largest absolute Gasteiger partial charge is 0.480 e. The molecule has 1 fully saturated rings. The highest BCUT2D eigenvalue weighted by atomic mass is 16.4. The Bertz CT molecular complexity index is 807. The summed E-state index contributed by atoms with van der Waals surface area (Å²) in [5.41, 5.74) is 1.19. The van der Waals surface area contributed by atoms with Crippen LogP contribution in [0.25, 0.3) is 0 Å². The Hall–Kier alpha value is -3.16. The first-order chi connectivity index (χ1) is 12.5. The van der Waals surface area contributed by atoms with Gasteiger partial charge in [-0.25, -0.2) is 0 Å². The predicted octanol–water partition coefficient (Wildman–Crippen LogP) is 2.06. The third kappa shape index (κ3) is 4.27. The third-order valence-corrected chi connectivity index (χ3v) is 4.34. The fourth-order valence-electron chi connectivity index (χ4n) is 2.99. The molecule has 26 heavy (non-hydrogen) atoms. The van der Waals surface area contributed by atoms with Crippen molar-refractivity contribution in [2.75, 3.05) is 11.9 Å². The van der Waals surface area contributed by atoms with E-state index in [1.165, 1.54) is 25.0 Å². The first-order valence-electron chi connectivity index (χ1n) is 8.49. The number of hydrogen-bond acceptors (Lipinski definition) is 4. The lowest BCUT2D eigenvalue weighted by Crippen LogP contribution is -2.29. The number of carboxylic acids is 1. The molecule has 136 valence electrons. The summed E-state index contributed by atoms with van der Waals surface area (Å²) >= 11 is 0. The Morgan fingerprint density at radius 3 is 2.42 bits per heavy atom. The third-order valence-electron chi connectivity index (χ3n) is 4.34. The zero-order valence-electron chi connectivity index (χ0n) is 14.1. The summed E-state index contributed by atoms with van der Waals surface area (Å²) in [7, 11) is 0. The minimum absolute atomic E-state index is 0.315. The molecule has 1 aliphatic carbocycles. The molecule has 0 saturated heterocycles. The van der Waals surface area contributed by atoms with Crippen molar-refractivity contribution in [3.05, 3.63) is 47.8 Å². The van der Waals surface area contributed by atoms with Crippen molar-refractivity contribution in [3.63, 3.8) is 0 Å². The van der Waals surface area contributed by atoms with Gasteiger partial charge in [0.25, 0.3) is 11.8 Å². The first kappa shape index (κ1) is 17.7. The first-order valence-corrected chi connectivity index (χ1v) is 8.49. The molecular formula is C18H20N4O4. The summed E-state index contributed by atoms with van der Waals surface area (Å²) in [6.45, 7) is -0.443. The molecule has 2 amide bonds. The van der Waals surface area contributed by atoms with Crippen molar-refractivity contribution in [3.8, 4) is 0 Å². The van der Waals surface area contributed by atoms with E-state index in [0.717, 1.165) is 12.8 Å². The SMILES string of the molecule is O=C(O)CNC(=O)c1ccc(NC(=O)c2ccn(C3CCCC3)n2)cc1. The van der Waals surface area contributed by atoms with Crippen LogP contribution in [-0.4, -0.2) is 39.2 Å². The summed E-state index contributed by atoms with van der Waals surface area (Å²) in [6, 6.07) is 8.28. The highest BCUT2D eigenvalue weighted by Gasteiger charge is 2.19. The maximum Gasteiger partial charge on any atom is 0.322 e. The van der Waals surface area contributed by atoms with Crippen LogP contribution in [0.1, 0.15) is 52.6 Å². The van der Waals surface area contributed by atoms with Gasteiger partial charge in [-0.05, 0) is 43.2 Å². The number of nitrogens with zero attached hydrogens (tertiary/aromatic N) is 2. The molecule has 2 aromatic rings. The number of aliphatic carboxylic acids is 1. The molecule has 8 heteroatoms. The normalized spacial score (nSPS) is 14.2. The Labute approximate surface area is 150 Å². The van der Waals surface area contributed by atoms with Crippen LogP contribution < -0.4 is 10.6 Å². The number of benzene rings is 1. The average molecular weight is 356 g/mol. The number of hydrogen-bond donors (Lipinski definition) is 3. The monoisotopic (exact) mass is 356 g/mol. The lowest BCUT2D eigenvalue weighted by atomic mass is 10.2. The molecule has 0 unspecified atom stereocenters. The second-order valence-corrected chi connectivity index (χ2v) is 6.23. The molecule has 1 heterocycles. The maximum absolute atomic E-state index is 12.3. The molecule has 8 nitrogen and oxygen atoms in total. The van der Waals surface area contributed by atoms with E-state index in [1.807, 2.05) is 10.9 Å². The highest BCUT2D eigenvalue weighted by molar-refractivity contribution is 6.03. The summed E-state index contributed by atoms with van der Waals surface area (Å²) < 4.78 is 1.86. The molecule has 3 N–H and O–H groups in total. The topological polar surface area (TPSA) is 113 Å². The van der Waals surface area contributed by atoms with E-state index in [4.69, 9.17) is 5.11 Å². The second kappa shape index (κ2) is 7.81. The fourth-order valence-corrected chi connectivity index (χ4v) is 2.99. The molecule has 0 atom stereocenters. The molecule has 0 spiro atoms. The van der Waals surface area contributed by atoms with E-state index < -0.39 is 18.4 Å². The number of rotatable bonds is 6. The minimum atomic E-state index is -1.11. The molecule has 1 saturated carbocycles. The van der Waals surface area contributed by atoms with Crippen LogP contribution in [0.5, 0.6) is 0 Å². The summed E-state index contributed by atoms with van der Waals surface area (Å²) in [5, 5.41) is 17.9. The molecule has 1 aromatic carbocycles. The summed E-state index contributed by atoms with van der Waals surface area (Å²) in [6.07, 6.45) is 6.40. The number of aromatic nitrogens is 2. The van der Waals surface area contributed by atoms with Gasteiger partial charge in [-0.2, -0.15) is 5.10 Å². The van der Waals surface area contributed by atoms with Gasteiger partial charge in [-0.3, -0.25) is 19.1 Å². The number of nitrogens with one attached hydrogen (secondary N) is 2. The van der Waals surface area contributed by atoms with E-state index in [2.05, 4.69) is 15.7 Å². The van der Waals surface area contributed by atoms with Crippen molar-refractivity contribution < 1.29 is 19.5 Å².